The van der Waals surface area contributed by atoms with Gasteiger partial charge in [-0.15, -0.1) is 10.2 Å². The summed E-state index contributed by atoms with van der Waals surface area (Å²) in [6, 6.07) is 11.9. The normalized spacial score (nSPS) is 14.8. The van der Waals surface area contributed by atoms with E-state index in [1.54, 1.807) is 11.7 Å². The van der Waals surface area contributed by atoms with Crippen LogP contribution in [-0.4, -0.2) is 64.1 Å². The highest BCUT2D eigenvalue weighted by Gasteiger charge is 2.16. The molecule has 156 valence electrons. The third kappa shape index (κ3) is 4.30. The van der Waals surface area contributed by atoms with Gasteiger partial charge in [-0.3, -0.25) is 9.78 Å². The van der Waals surface area contributed by atoms with E-state index in [0.29, 0.717) is 5.56 Å². The van der Waals surface area contributed by atoms with Gasteiger partial charge in [0.1, 0.15) is 16.3 Å². The fourth-order valence-electron chi connectivity index (χ4n) is 3.76. The summed E-state index contributed by atoms with van der Waals surface area (Å²) >= 11 is 1.50. The van der Waals surface area contributed by atoms with Crippen LogP contribution in [0.3, 0.4) is 0 Å². The number of Topliss-reactive ketones (excluding diaryl/α,β-unsaturated/α-hetero) is 1. The van der Waals surface area contributed by atoms with Crippen molar-refractivity contribution in [3.63, 3.8) is 0 Å². The molecule has 7 nitrogen and oxygen atoms in total. The topological polar surface area (TPSA) is 75.1 Å². The molecule has 0 unspecified atom stereocenters. The molecule has 31 heavy (non-hydrogen) atoms. The number of carbonyl (C=O) groups is 1. The number of aromatic nitrogens is 4. The van der Waals surface area contributed by atoms with E-state index in [4.69, 9.17) is 0 Å². The lowest BCUT2D eigenvalue weighted by molar-refractivity contribution is 0.0991. The Bertz CT molecular complexity index is 1200. The molecule has 0 spiro atoms. The molecule has 1 aliphatic heterocycles. The molecule has 0 N–H and O–H groups in total. The molecule has 0 saturated carbocycles. The molecule has 0 atom stereocenters. The van der Waals surface area contributed by atoms with E-state index in [1.165, 1.54) is 11.3 Å². The third-order valence-electron chi connectivity index (χ3n) is 5.62. The monoisotopic (exact) mass is 430 g/mol. The number of likely N-dealkylation sites (N-methyl/N-ethyl adjacent to an activating group) is 1. The summed E-state index contributed by atoms with van der Waals surface area (Å²) in [5.41, 5.74) is 4.10. The van der Waals surface area contributed by atoms with Crippen molar-refractivity contribution in [3.8, 4) is 10.6 Å². The molecule has 5 rings (SSSR count). The van der Waals surface area contributed by atoms with E-state index in [0.717, 1.165) is 59.0 Å². The molecule has 3 aromatic heterocycles. The van der Waals surface area contributed by atoms with Gasteiger partial charge in [-0.25, -0.2) is 4.98 Å². The second-order valence-corrected chi connectivity index (χ2v) is 8.61. The minimum atomic E-state index is 0.0181. The molecule has 1 fully saturated rings. The Kier molecular flexibility index (Phi) is 5.40. The first-order valence-corrected chi connectivity index (χ1v) is 11.1. The molecule has 8 heteroatoms. The SMILES string of the molecule is CN1CCN(c2ccc(C(=O)Cc3cc4cc(-c5nncs5)ccc4cn3)cn2)CC1. The minimum absolute atomic E-state index is 0.0181. The van der Waals surface area contributed by atoms with Crippen molar-refractivity contribution in [2.75, 3.05) is 38.1 Å². The van der Waals surface area contributed by atoms with Crippen LogP contribution in [0.5, 0.6) is 0 Å². The van der Waals surface area contributed by atoms with Crippen molar-refractivity contribution >= 4 is 33.7 Å². The fourth-order valence-corrected chi connectivity index (χ4v) is 4.31. The van der Waals surface area contributed by atoms with E-state index in [-0.39, 0.29) is 12.2 Å². The van der Waals surface area contributed by atoms with E-state index >= 15 is 0 Å². The maximum atomic E-state index is 12.8. The summed E-state index contributed by atoms with van der Waals surface area (Å²) in [5.74, 6) is 0.947. The van der Waals surface area contributed by atoms with Gasteiger partial charge in [-0.2, -0.15) is 0 Å². The first kappa shape index (κ1) is 19.7. The predicted molar refractivity (Wildman–Crippen MR) is 123 cm³/mol. The number of rotatable bonds is 5. The summed E-state index contributed by atoms with van der Waals surface area (Å²) in [7, 11) is 2.13. The molecule has 0 radical (unpaired) electrons. The zero-order valence-corrected chi connectivity index (χ0v) is 18.0. The van der Waals surface area contributed by atoms with E-state index in [2.05, 4.69) is 43.1 Å². The van der Waals surface area contributed by atoms with Crippen molar-refractivity contribution in [1.82, 2.24) is 25.1 Å². The number of piperazine rings is 1. The molecule has 4 heterocycles. The van der Waals surface area contributed by atoms with Crippen LogP contribution in [0.1, 0.15) is 16.1 Å². The largest absolute Gasteiger partial charge is 0.354 e. The number of pyridine rings is 2. The summed E-state index contributed by atoms with van der Waals surface area (Å²) < 4.78 is 0. The Morgan fingerprint density at radius 2 is 1.87 bits per heavy atom. The summed E-state index contributed by atoms with van der Waals surface area (Å²) in [6.45, 7) is 3.96. The Morgan fingerprint density at radius 3 is 2.61 bits per heavy atom. The first-order chi connectivity index (χ1) is 15.2. The lowest BCUT2D eigenvalue weighted by Gasteiger charge is -2.33. The molecule has 0 amide bonds. The van der Waals surface area contributed by atoms with Gasteiger partial charge >= 0.3 is 0 Å². The predicted octanol–water partition coefficient (Wildman–Crippen LogP) is 3.33. The highest BCUT2D eigenvalue weighted by atomic mass is 32.1. The zero-order valence-electron chi connectivity index (χ0n) is 17.2. The summed E-state index contributed by atoms with van der Waals surface area (Å²) in [5, 5.41) is 11.0. The van der Waals surface area contributed by atoms with E-state index < -0.39 is 0 Å². The van der Waals surface area contributed by atoms with Gasteiger partial charge < -0.3 is 9.80 Å². The molecule has 0 bridgehead atoms. The molecule has 4 aromatic rings. The quantitative estimate of drug-likeness (QED) is 0.450. The van der Waals surface area contributed by atoms with Crippen molar-refractivity contribution in [3.05, 3.63) is 65.6 Å². The smallest absolute Gasteiger partial charge is 0.170 e. The maximum absolute atomic E-state index is 12.8. The number of nitrogens with zero attached hydrogens (tertiary/aromatic N) is 6. The number of hydrogen-bond acceptors (Lipinski definition) is 8. The lowest BCUT2D eigenvalue weighted by atomic mass is 10.0. The first-order valence-electron chi connectivity index (χ1n) is 10.2. The van der Waals surface area contributed by atoms with Crippen LogP contribution in [-0.2, 0) is 6.42 Å². The van der Waals surface area contributed by atoms with Crippen molar-refractivity contribution < 1.29 is 4.79 Å². The number of hydrogen-bond donors (Lipinski definition) is 0. The van der Waals surface area contributed by atoms with Crippen LogP contribution in [0.4, 0.5) is 5.82 Å². The van der Waals surface area contributed by atoms with Gasteiger partial charge in [0.2, 0.25) is 0 Å². The summed E-state index contributed by atoms with van der Waals surface area (Å²) in [6.07, 6.45) is 3.75. The average Bonchev–Trinajstić information content (AvgIpc) is 3.34. The van der Waals surface area contributed by atoms with Crippen LogP contribution in [0, 0.1) is 0 Å². The van der Waals surface area contributed by atoms with Gasteiger partial charge in [0.05, 0.1) is 6.42 Å². The Balaban J connectivity index is 1.31. The summed E-state index contributed by atoms with van der Waals surface area (Å²) in [4.78, 5) is 26.4. The molecule has 1 aromatic carbocycles. The van der Waals surface area contributed by atoms with Crippen LogP contribution in [0.25, 0.3) is 21.3 Å². The van der Waals surface area contributed by atoms with Crippen LogP contribution >= 0.6 is 11.3 Å². The third-order valence-corrected chi connectivity index (χ3v) is 6.36. The van der Waals surface area contributed by atoms with Gasteiger partial charge in [0.25, 0.3) is 0 Å². The number of benzene rings is 1. The van der Waals surface area contributed by atoms with Crippen LogP contribution in [0.2, 0.25) is 0 Å². The standard InChI is InChI=1S/C23H22N6OS/c1-28-6-8-29(9-7-28)22-5-4-18(14-25-22)21(30)12-20-11-19-10-16(23-27-26-15-31-23)2-3-17(19)13-24-20/h2-5,10-11,13-15H,6-9,12H2,1H3. The highest BCUT2D eigenvalue weighted by molar-refractivity contribution is 7.12. The molecular formula is C23H22N6OS. The van der Waals surface area contributed by atoms with Gasteiger partial charge in [0, 0.05) is 60.8 Å². The van der Waals surface area contributed by atoms with Gasteiger partial charge in [0.15, 0.2) is 5.78 Å². The fraction of sp³-hybridized carbons (Fsp3) is 0.261. The molecule has 0 aliphatic carbocycles. The highest BCUT2D eigenvalue weighted by Crippen LogP contribution is 2.25. The van der Waals surface area contributed by atoms with Crippen LogP contribution in [0.15, 0.2) is 54.3 Å². The van der Waals surface area contributed by atoms with Crippen LogP contribution < -0.4 is 4.90 Å². The lowest BCUT2D eigenvalue weighted by Crippen LogP contribution is -2.44. The van der Waals surface area contributed by atoms with Gasteiger partial charge in [-0.05, 0) is 36.7 Å². The van der Waals surface area contributed by atoms with Crippen molar-refractivity contribution in [2.45, 2.75) is 6.42 Å². The van der Waals surface area contributed by atoms with E-state index in [1.807, 2.05) is 36.5 Å². The molecule has 1 saturated heterocycles. The second-order valence-electron chi connectivity index (χ2n) is 7.78. The van der Waals surface area contributed by atoms with E-state index in [9.17, 15) is 4.79 Å². The molecular weight excluding hydrogens is 408 g/mol. The maximum Gasteiger partial charge on any atom is 0.170 e. The van der Waals surface area contributed by atoms with Crippen molar-refractivity contribution in [2.24, 2.45) is 0 Å². The molecule has 1 aliphatic rings. The number of fused-ring (bicyclic) bond motifs is 1. The Labute approximate surface area is 184 Å². The second kappa shape index (κ2) is 8.49. The Morgan fingerprint density at radius 1 is 1.00 bits per heavy atom. The minimum Gasteiger partial charge on any atom is -0.354 e. The zero-order chi connectivity index (χ0) is 21.2. The van der Waals surface area contributed by atoms with Crippen molar-refractivity contribution in [1.29, 1.82) is 0 Å². The number of ketones is 1. The number of carbonyl (C=O) groups excluding carboxylic acids is 1. The van der Waals surface area contributed by atoms with Gasteiger partial charge in [-0.1, -0.05) is 23.5 Å². The Hall–Kier alpha value is -3.23. The number of anilines is 1. The average molecular weight is 431 g/mol.